The number of rotatable bonds is 13. The molecule has 1 heterocycles. The number of carbonyl (C=O) groups excluding carboxylic acids is 3. The topological polar surface area (TPSA) is 244 Å². The average Bonchev–Trinajstić information content (AvgIpc) is 3.21. The van der Waals surface area contributed by atoms with E-state index in [2.05, 4.69) is 15.6 Å². The van der Waals surface area contributed by atoms with E-state index in [1.807, 2.05) is 29.6 Å². The van der Waals surface area contributed by atoms with Gasteiger partial charge in [-0.3, -0.25) is 19.2 Å². The highest BCUT2D eigenvalue weighted by molar-refractivity contribution is 5.96. The third-order valence-corrected chi connectivity index (χ3v) is 5.57. The van der Waals surface area contributed by atoms with E-state index in [1.165, 1.54) is 0 Å². The van der Waals surface area contributed by atoms with Crippen LogP contribution in [0, 0.1) is 0 Å². The van der Waals surface area contributed by atoms with Crippen molar-refractivity contribution in [3.63, 3.8) is 0 Å². The maximum absolute atomic E-state index is 12.8. The fourth-order valence-electron chi connectivity index (χ4n) is 3.58. The first kappa shape index (κ1) is 29.2. The summed E-state index contributed by atoms with van der Waals surface area (Å²) in [7, 11) is 0. The van der Waals surface area contributed by atoms with E-state index < -0.39 is 72.5 Å². The van der Waals surface area contributed by atoms with Crippen LogP contribution in [0.4, 0.5) is 0 Å². The Morgan fingerprint density at radius 1 is 0.892 bits per heavy atom. The van der Waals surface area contributed by atoms with Crippen molar-refractivity contribution in [2.45, 2.75) is 63.1 Å². The predicted octanol–water partition coefficient (Wildman–Crippen LogP) is -2.19. The third-order valence-electron chi connectivity index (χ3n) is 5.57. The second kappa shape index (κ2) is 12.8. The molecular formula is C23H31N5O9. The van der Waals surface area contributed by atoms with Gasteiger partial charge in [0.2, 0.25) is 17.7 Å². The Morgan fingerprint density at radius 2 is 1.49 bits per heavy atom. The summed E-state index contributed by atoms with van der Waals surface area (Å²) < 4.78 is 0. The van der Waals surface area contributed by atoms with Crippen molar-refractivity contribution < 1.29 is 44.4 Å². The Kier molecular flexibility index (Phi) is 10.1. The van der Waals surface area contributed by atoms with Crippen LogP contribution < -0.4 is 21.7 Å². The Hall–Kier alpha value is -4.01. The number of nitrogens with two attached hydrogens (primary N) is 1. The van der Waals surface area contributed by atoms with Gasteiger partial charge in [0.05, 0.1) is 24.7 Å². The SMILES string of the molecule is CC(O)C(NC(=O)C(NC(=O)C(CC(=O)O)NC(=O)C(N)Cc1c[nH]c2ccccc12)C(C)O)C(=O)O. The number of carboxylic acid groups (broad SMARTS) is 2. The third kappa shape index (κ3) is 7.99. The van der Waals surface area contributed by atoms with Crippen molar-refractivity contribution in [2.24, 2.45) is 5.73 Å². The first-order valence-corrected chi connectivity index (χ1v) is 11.3. The predicted molar refractivity (Wildman–Crippen MR) is 129 cm³/mol. The largest absolute Gasteiger partial charge is 0.481 e. The van der Waals surface area contributed by atoms with Gasteiger partial charge in [-0.25, -0.2) is 4.79 Å². The number of hydrogen-bond acceptors (Lipinski definition) is 8. The Bertz CT molecular complexity index is 1150. The van der Waals surface area contributed by atoms with E-state index in [9.17, 15) is 39.3 Å². The molecule has 0 saturated heterocycles. The highest BCUT2D eigenvalue weighted by atomic mass is 16.4. The zero-order valence-electron chi connectivity index (χ0n) is 20.2. The molecule has 1 aromatic heterocycles. The minimum atomic E-state index is -1.73. The lowest BCUT2D eigenvalue weighted by molar-refractivity contribution is -0.146. The van der Waals surface area contributed by atoms with Crippen LogP contribution in [0.1, 0.15) is 25.8 Å². The van der Waals surface area contributed by atoms with E-state index in [0.717, 1.165) is 30.3 Å². The first-order chi connectivity index (χ1) is 17.3. The van der Waals surface area contributed by atoms with Gasteiger partial charge in [0, 0.05) is 17.1 Å². The summed E-state index contributed by atoms with van der Waals surface area (Å²) in [5.74, 6) is -6.10. The van der Waals surface area contributed by atoms with E-state index in [4.69, 9.17) is 10.8 Å². The molecule has 1 aromatic carbocycles. The summed E-state index contributed by atoms with van der Waals surface area (Å²) >= 11 is 0. The van der Waals surface area contributed by atoms with Crippen molar-refractivity contribution in [2.75, 3.05) is 0 Å². The molecular weight excluding hydrogens is 490 g/mol. The minimum absolute atomic E-state index is 0.0753. The highest BCUT2D eigenvalue weighted by Gasteiger charge is 2.34. The Labute approximate surface area is 211 Å². The molecule has 0 aliphatic carbocycles. The zero-order valence-corrected chi connectivity index (χ0v) is 20.2. The van der Waals surface area contributed by atoms with Crippen molar-refractivity contribution in [1.82, 2.24) is 20.9 Å². The lowest BCUT2D eigenvalue weighted by Gasteiger charge is -2.26. The van der Waals surface area contributed by atoms with Crippen LogP contribution in [-0.2, 0) is 30.4 Å². The van der Waals surface area contributed by atoms with Crippen LogP contribution in [0.5, 0.6) is 0 Å². The molecule has 0 spiro atoms. The number of benzene rings is 1. The number of nitrogens with one attached hydrogen (secondary N) is 4. The molecule has 0 aliphatic heterocycles. The molecule has 2 aromatic rings. The molecule has 10 N–H and O–H groups in total. The van der Waals surface area contributed by atoms with E-state index in [-0.39, 0.29) is 6.42 Å². The number of aliphatic hydroxyl groups excluding tert-OH is 2. The van der Waals surface area contributed by atoms with Gasteiger partial charge < -0.3 is 47.1 Å². The van der Waals surface area contributed by atoms with Crippen LogP contribution in [-0.4, -0.2) is 91.4 Å². The van der Waals surface area contributed by atoms with Crippen LogP contribution in [0.25, 0.3) is 10.9 Å². The summed E-state index contributed by atoms with van der Waals surface area (Å²) in [6.07, 6.45) is -2.15. The molecule has 202 valence electrons. The number of aromatic nitrogens is 1. The normalized spacial score (nSPS) is 16.0. The van der Waals surface area contributed by atoms with Gasteiger partial charge in [-0.2, -0.15) is 0 Å². The van der Waals surface area contributed by atoms with Crippen molar-refractivity contribution in [1.29, 1.82) is 0 Å². The molecule has 0 bridgehead atoms. The smallest absolute Gasteiger partial charge is 0.328 e. The second-order valence-corrected chi connectivity index (χ2v) is 8.62. The molecule has 0 fully saturated rings. The van der Waals surface area contributed by atoms with Gasteiger partial charge in [-0.15, -0.1) is 0 Å². The summed E-state index contributed by atoms with van der Waals surface area (Å²) in [5, 5.41) is 45.1. The molecule has 14 heteroatoms. The Balaban J connectivity index is 2.12. The van der Waals surface area contributed by atoms with E-state index in [1.54, 1.807) is 6.20 Å². The van der Waals surface area contributed by atoms with Gasteiger partial charge in [0.25, 0.3) is 0 Å². The quantitative estimate of drug-likeness (QED) is 0.138. The van der Waals surface area contributed by atoms with Gasteiger partial charge in [0.1, 0.15) is 12.1 Å². The molecule has 14 nitrogen and oxygen atoms in total. The number of H-pyrrole nitrogens is 1. The molecule has 6 atom stereocenters. The van der Waals surface area contributed by atoms with E-state index in [0.29, 0.717) is 0 Å². The standard InChI is InChI=1S/C23H31N5O9/c1-10(29)18(22(35)28-19(11(2)30)23(36)37)27-21(34)16(8-17(31)32)26-20(33)14(24)7-12-9-25-15-6-4-3-5-13(12)15/h3-6,9-11,14,16,18-19,25,29-30H,7-8,24H2,1-2H3,(H,26,33)(H,27,34)(H,28,35)(H,31,32)(H,36,37). The molecule has 3 amide bonds. The lowest BCUT2D eigenvalue weighted by atomic mass is 10.0. The summed E-state index contributed by atoms with van der Waals surface area (Å²) in [5.41, 5.74) is 7.56. The van der Waals surface area contributed by atoms with Gasteiger partial charge in [0.15, 0.2) is 6.04 Å². The maximum Gasteiger partial charge on any atom is 0.328 e. The van der Waals surface area contributed by atoms with Crippen LogP contribution >= 0.6 is 0 Å². The molecule has 37 heavy (non-hydrogen) atoms. The average molecular weight is 522 g/mol. The number of fused-ring (bicyclic) bond motifs is 1. The molecule has 0 aliphatic rings. The lowest BCUT2D eigenvalue weighted by Crippen LogP contribution is -2.61. The fourth-order valence-corrected chi connectivity index (χ4v) is 3.58. The Morgan fingerprint density at radius 3 is 2.05 bits per heavy atom. The van der Waals surface area contributed by atoms with E-state index >= 15 is 0 Å². The van der Waals surface area contributed by atoms with Crippen LogP contribution in [0.3, 0.4) is 0 Å². The van der Waals surface area contributed by atoms with Gasteiger partial charge in [-0.05, 0) is 31.9 Å². The molecule has 2 rings (SSSR count). The monoisotopic (exact) mass is 521 g/mol. The number of amides is 3. The summed E-state index contributed by atoms with van der Waals surface area (Å²) in [6.45, 7) is 2.25. The number of aliphatic carboxylic acids is 2. The number of carbonyl (C=O) groups is 5. The van der Waals surface area contributed by atoms with Crippen molar-refractivity contribution in [3.05, 3.63) is 36.0 Å². The van der Waals surface area contributed by atoms with Crippen LogP contribution in [0.15, 0.2) is 30.5 Å². The zero-order chi connectivity index (χ0) is 27.9. The number of carboxylic acids is 2. The van der Waals surface area contributed by atoms with Crippen molar-refractivity contribution >= 4 is 40.6 Å². The van der Waals surface area contributed by atoms with Gasteiger partial charge >= 0.3 is 11.9 Å². The fraction of sp³-hybridized carbons (Fsp3) is 0.435. The molecule has 6 unspecified atom stereocenters. The van der Waals surface area contributed by atoms with Crippen molar-refractivity contribution in [3.8, 4) is 0 Å². The summed E-state index contributed by atoms with van der Waals surface area (Å²) in [4.78, 5) is 63.6. The summed E-state index contributed by atoms with van der Waals surface area (Å²) in [6, 6.07) is 1.04. The number of aliphatic hydroxyl groups is 2. The van der Waals surface area contributed by atoms with Gasteiger partial charge in [-0.1, -0.05) is 18.2 Å². The molecule has 0 saturated carbocycles. The number of hydrogen-bond donors (Lipinski definition) is 9. The minimum Gasteiger partial charge on any atom is -0.481 e. The molecule has 0 radical (unpaired) electrons. The second-order valence-electron chi connectivity index (χ2n) is 8.62. The van der Waals surface area contributed by atoms with Crippen LogP contribution in [0.2, 0.25) is 0 Å². The number of aromatic amines is 1. The highest BCUT2D eigenvalue weighted by Crippen LogP contribution is 2.18. The number of para-hydroxylation sites is 1. The first-order valence-electron chi connectivity index (χ1n) is 11.3. The maximum atomic E-state index is 12.8.